The van der Waals surface area contributed by atoms with Crippen LogP contribution in [0.4, 0.5) is 0 Å². The van der Waals surface area contributed by atoms with Crippen molar-refractivity contribution in [1.82, 2.24) is 14.8 Å². The SMILES string of the molecule is Cc1cc(C(=O)CSc2nnc(-c3ccccc3)n2Cc2ccc3c(c2)OCO3)c(C)s1. The number of ether oxygens (including phenoxy) is 2. The van der Waals surface area contributed by atoms with Gasteiger partial charge in [-0.05, 0) is 37.6 Å². The molecule has 0 saturated carbocycles. The van der Waals surface area contributed by atoms with Crippen molar-refractivity contribution in [3.63, 3.8) is 0 Å². The molecule has 1 aliphatic heterocycles. The highest BCUT2D eigenvalue weighted by Gasteiger charge is 2.19. The molecule has 3 heterocycles. The van der Waals surface area contributed by atoms with Gasteiger partial charge in [-0.3, -0.25) is 9.36 Å². The molecule has 2 aromatic heterocycles. The Hall–Kier alpha value is -3.10. The van der Waals surface area contributed by atoms with Gasteiger partial charge >= 0.3 is 0 Å². The van der Waals surface area contributed by atoms with Gasteiger partial charge in [-0.1, -0.05) is 48.2 Å². The summed E-state index contributed by atoms with van der Waals surface area (Å²) in [5.41, 5.74) is 2.82. The Morgan fingerprint density at radius 1 is 1.06 bits per heavy atom. The number of benzene rings is 2. The first-order valence-electron chi connectivity index (χ1n) is 10.2. The molecule has 0 aliphatic carbocycles. The molecule has 8 heteroatoms. The average molecular weight is 464 g/mol. The topological polar surface area (TPSA) is 66.2 Å². The fraction of sp³-hybridized carbons (Fsp3) is 0.208. The molecular formula is C24H21N3O3S2. The second-order valence-electron chi connectivity index (χ2n) is 7.48. The Kier molecular flexibility index (Phi) is 5.71. The van der Waals surface area contributed by atoms with Crippen LogP contribution in [0.5, 0.6) is 11.5 Å². The fourth-order valence-electron chi connectivity index (χ4n) is 3.68. The van der Waals surface area contributed by atoms with Crippen LogP contribution in [0.1, 0.15) is 25.7 Å². The Bertz CT molecular complexity index is 1280. The van der Waals surface area contributed by atoms with Gasteiger partial charge in [0.15, 0.2) is 28.3 Å². The number of carbonyl (C=O) groups is 1. The summed E-state index contributed by atoms with van der Waals surface area (Å²) in [7, 11) is 0. The summed E-state index contributed by atoms with van der Waals surface area (Å²) in [4.78, 5) is 15.0. The highest BCUT2D eigenvalue weighted by Crippen LogP contribution is 2.34. The van der Waals surface area contributed by atoms with Crippen molar-refractivity contribution in [2.45, 2.75) is 25.5 Å². The Labute approximate surface area is 194 Å². The second-order valence-corrected chi connectivity index (χ2v) is 9.89. The van der Waals surface area contributed by atoms with Crippen LogP contribution >= 0.6 is 23.1 Å². The smallest absolute Gasteiger partial charge is 0.231 e. The largest absolute Gasteiger partial charge is 0.454 e. The Balaban J connectivity index is 1.44. The Morgan fingerprint density at radius 2 is 1.88 bits per heavy atom. The van der Waals surface area contributed by atoms with E-state index in [4.69, 9.17) is 9.47 Å². The van der Waals surface area contributed by atoms with Gasteiger partial charge in [-0.2, -0.15) is 0 Å². The molecule has 0 spiro atoms. The summed E-state index contributed by atoms with van der Waals surface area (Å²) >= 11 is 3.07. The lowest BCUT2D eigenvalue weighted by molar-refractivity contribution is 0.102. The molecule has 2 aromatic carbocycles. The van der Waals surface area contributed by atoms with Crippen molar-refractivity contribution in [2.75, 3.05) is 12.5 Å². The van der Waals surface area contributed by atoms with Gasteiger partial charge in [0.25, 0.3) is 0 Å². The summed E-state index contributed by atoms with van der Waals surface area (Å²) in [6, 6.07) is 17.8. The number of hydrogen-bond acceptors (Lipinski definition) is 7. The molecule has 0 saturated heterocycles. The molecule has 0 radical (unpaired) electrons. The van der Waals surface area contributed by atoms with Gasteiger partial charge in [0.1, 0.15) is 0 Å². The number of hydrogen-bond donors (Lipinski definition) is 0. The van der Waals surface area contributed by atoms with E-state index >= 15 is 0 Å². The van der Waals surface area contributed by atoms with Crippen LogP contribution in [0.3, 0.4) is 0 Å². The van der Waals surface area contributed by atoms with Crippen LogP contribution in [-0.4, -0.2) is 33.1 Å². The molecule has 0 bridgehead atoms. The fourth-order valence-corrected chi connectivity index (χ4v) is 5.44. The monoisotopic (exact) mass is 463 g/mol. The minimum absolute atomic E-state index is 0.107. The lowest BCUT2D eigenvalue weighted by Crippen LogP contribution is -2.07. The third-order valence-electron chi connectivity index (χ3n) is 5.20. The van der Waals surface area contributed by atoms with Crippen molar-refractivity contribution in [2.24, 2.45) is 0 Å². The molecule has 0 unspecified atom stereocenters. The summed E-state index contributed by atoms with van der Waals surface area (Å²) in [6.45, 7) is 4.81. The number of aryl methyl sites for hydroxylation is 2. The molecule has 6 nitrogen and oxygen atoms in total. The zero-order valence-electron chi connectivity index (χ0n) is 17.7. The van der Waals surface area contributed by atoms with E-state index in [1.165, 1.54) is 11.8 Å². The van der Waals surface area contributed by atoms with Gasteiger partial charge in [-0.25, -0.2) is 0 Å². The lowest BCUT2D eigenvalue weighted by atomic mass is 10.2. The molecule has 0 fully saturated rings. The number of Topliss-reactive ketones (excluding diaryl/α,β-unsaturated/α-hetero) is 1. The van der Waals surface area contributed by atoms with E-state index < -0.39 is 0 Å². The minimum Gasteiger partial charge on any atom is -0.454 e. The molecule has 0 atom stereocenters. The Morgan fingerprint density at radius 3 is 2.66 bits per heavy atom. The van der Waals surface area contributed by atoms with Crippen molar-refractivity contribution in [3.05, 3.63) is 75.5 Å². The first-order valence-corrected chi connectivity index (χ1v) is 12.0. The van der Waals surface area contributed by atoms with Gasteiger partial charge in [0.05, 0.1) is 12.3 Å². The van der Waals surface area contributed by atoms with Gasteiger partial charge in [0, 0.05) is 20.9 Å². The predicted molar refractivity (Wildman–Crippen MR) is 126 cm³/mol. The van der Waals surface area contributed by atoms with Crippen molar-refractivity contribution >= 4 is 28.9 Å². The van der Waals surface area contributed by atoms with E-state index in [1.54, 1.807) is 11.3 Å². The number of carbonyl (C=O) groups excluding carboxylic acids is 1. The van der Waals surface area contributed by atoms with Crippen LogP contribution in [0.2, 0.25) is 0 Å². The molecule has 0 N–H and O–H groups in total. The molecule has 5 rings (SSSR count). The maximum atomic E-state index is 12.8. The van der Waals surface area contributed by atoms with Crippen LogP contribution in [0.15, 0.2) is 59.8 Å². The predicted octanol–water partition coefficient (Wildman–Crippen LogP) is 5.38. The number of thiophene rings is 1. The van der Waals surface area contributed by atoms with Crippen LogP contribution < -0.4 is 9.47 Å². The number of ketones is 1. The van der Waals surface area contributed by atoms with E-state index in [1.807, 2.05) is 68.4 Å². The number of nitrogens with zero attached hydrogens (tertiary/aromatic N) is 3. The van der Waals surface area contributed by atoms with Crippen LogP contribution in [-0.2, 0) is 6.54 Å². The molecule has 32 heavy (non-hydrogen) atoms. The number of aromatic nitrogens is 3. The van der Waals surface area contributed by atoms with Crippen LogP contribution in [0.25, 0.3) is 11.4 Å². The van der Waals surface area contributed by atoms with Crippen molar-refractivity contribution in [3.8, 4) is 22.9 Å². The normalized spacial score (nSPS) is 12.3. The number of rotatable bonds is 7. The van der Waals surface area contributed by atoms with Gasteiger partial charge < -0.3 is 9.47 Å². The third-order valence-corrected chi connectivity index (χ3v) is 7.13. The molecule has 1 aliphatic rings. The summed E-state index contributed by atoms with van der Waals surface area (Å²) < 4.78 is 13.0. The number of thioether (sulfide) groups is 1. The zero-order valence-corrected chi connectivity index (χ0v) is 19.3. The average Bonchev–Trinajstić information content (AvgIpc) is 3.51. The highest BCUT2D eigenvalue weighted by molar-refractivity contribution is 7.99. The van der Waals surface area contributed by atoms with E-state index in [2.05, 4.69) is 14.8 Å². The van der Waals surface area contributed by atoms with Gasteiger partial charge in [0.2, 0.25) is 6.79 Å². The third kappa shape index (κ3) is 4.16. The van der Waals surface area contributed by atoms with E-state index in [0.29, 0.717) is 17.5 Å². The first kappa shape index (κ1) is 20.8. The zero-order chi connectivity index (χ0) is 22.1. The highest BCUT2D eigenvalue weighted by atomic mass is 32.2. The molecule has 0 amide bonds. The summed E-state index contributed by atoms with van der Waals surface area (Å²) in [5.74, 6) is 2.67. The summed E-state index contributed by atoms with van der Waals surface area (Å²) in [6.07, 6.45) is 0. The standard InChI is InChI=1S/C24H21N3O3S2/c1-15-10-19(16(2)32-15)20(28)13-31-24-26-25-23(18-6-4-3-5-7-18)27(24)12-17-8-9-21-22(11-17)30-14-29-21/h3-11H,12-14H2,1-2H3. The van der Waals surface area contributed by atoms with E-state index in [0.717, 1.165) is 43.8 Å². The van der Waals surface area contributed by atoms with E-state index in [9.17, 15) is 4.79 Å². The maximum Gasteiger partial charge on any atom is 0.231 e. The number of fused-ring (bicyclic) bond motifs is 1. The van der Waals surface area contributed by atoms with Crippen LogP contribution in [0, 0.1) is 13.8 Å². The molecular weight excluding hydrogens is 442 g/mol. The van der Waals surface area contributed by atoms with Crippen molar-refractivity contribution in [1.29, 1.82) is 0 Å². The minimum atomic E-state index is 0.107. The van der Waals surface area contributed by atoms with Gasteiger partial charge in [-0.15, -0.1) is 21.5 Å². The van der Waals surface area contributed by atoms with Crippen molar-refractivity contribution < 1.29 is 14.3 Å². The molecule has 162 valence electrons. The maximum absolute atomic E-state index is 12.8. The first-order chi connectivity index (χ1) is 15.6. The lowest BCUT2D eigenvalue weighted by Gasteiger charge is -2.11. The quantitative estimate of drug-likeness (QED) is 0.271. The van der Waals surface area contributed by atoms with E-state index in [-0.39, 0.29) is 12.6 Å². The molecule has 4 aromatic rings. The second kappa shape index (κ2) is 8.80. The summed E-state index contributed by atoms with van der Waals surface area (Å²) in [5, 5.41) is 9.59.